The highest BCUT2D eigenvalue weighted by Gasteiger charge is 2.15. The summed E-state index contributed by atoms with van der Waals surface area (Å²) in [4.78, 5) is 18.5. The molecule has 2 amide bonds. The summed E-state index contributed by atoms with van der Waals surface area (Å²) in [6, 6.07) is 13.4. The van der Waals surface area contributed by atoms with Crippen LogP contribution < -0.4 is 15.4 Å². The van der Waals surface area contributed by atoms with Crippen molar-refractivity contribution in [2.75, 3.05) is 27.2 Å². The molecule has 2 N–H and O–H groups in total. The molecule has 0 aliphatic heterocycles. The summed E-state index contributed by atoms with van der Waals surface area (Å²) >= 11 is 0. The van der Waals surface area contributed by atoms with Crippen LogP contribution in [0.15, 0.2) is 48.7 Å². The van der Waals surface area contributed by atoms with E-state index in [4.69, 9.17) is 4.74 Å². The molecule has 1 heterocycles. The lowest BCUT2D eigenvalue weighted by atomic mass is 10.1. The molecule has 134 valence electrons. The molecular weight excluding hydrogens is 316 g/mol. The van der Waals surface area contributed by atoms with Gasteiger partial charge < -0.3 is 20.3 Å². The minimum Gasteiger partial charge on any atom is -0.478 e. The molecule has 0 spiro atoms. The van der Waals surface area contributed by atoms with Gasteiger partial charge in [0.05, 0.1) is 12.6 Å². The van der Waals surface area contributed by atoms with Crippen molar-refractivity contribution in [1.29, 1.82) is 0 Å². The molecule has 0 radical (unpaired) electrons. The summed E-state index contributed by atoms with van der Waals surface area (Å²) < 4.78 is 5.37. The number of amides is 2. The molecular formula is C19H26N4O2. The second kappa shape index (κ2) is 9.64. The van der Waals surface area contributed by atoms with Crippen molar-refractivity contribution in [1.82, 2.24) is 20.5 Å². The first-order valence-corrected chi connectivity index (χ1v) is 8.40. The fourth-order valence-corrected chi connectivity index (χ4v) is 2.46. The number of benzene rings is 1. The lowest BCUT2D eigenvalue weighted by Gasteiger charge is -2.23. The first kappa shape index (κ1) is 18.7. The third-order valence-electron chi connectivity index (χ3n) is 3.60. The van der Waals surface area contributed by atoms with Crippen molar-refractivity contribution in [3.63, 3.8) is 0 Å². The number of pyridine rings is 1. The number of hydrogen-bond acceptors (Lipinski definition) is 4. The van der Waals surface area contributed by atoms with Crippen LogP contribution in [0, 0.1) is 0 Å². The van der Waals surface area contributed by atoms with E-state index in [1.165, 1.54) is 0 Å². The molecule has 0 aliphatic rings. The fraction of sp³-hybridized carbons (Fsp3) is 0.368. The van der Waals surface area contributed by atoms with E-state index in [0.717, 1.165) is 17.7 Å². The Morgan fingerprint density at radius 2 is 2.00 bits per heavy atom. The van der Waals surface area contributed by atoms with Gasteiger partial charge in [0.25, 0.3) is 0 Å². The Hall–Kier alpha value is -2.60. The van der Waals surface area contributed by atoms with Crippen molar-refractivity contribution >= 4 is 6.03 Å². The molecule has 6 nitrogen and oxygen atoms in total. The number of carbonyl (C=O) groups is 1. The predicted molar refractivity (Wildman–Crippen MR) is 98.5 cm³/mol. The first-order valence-electron chi connectivity index (χ1n) is 8.40. The Labute approximate surface area is 149 Å². The van der Waals surface area contributed by atoms with Gasteiger partial charge in [-0.1, -0.05) is 30.3 Å². The molecule has 25 heavy (non-hydrogen) atoms. The minimum absolute atomic E-state index is 0.0763. The van der Waals surface area contributed by atoms with Gasteiger partial charge in [-0.3, -0.25) is 0 Å². The van der Waals surface area contributed by atoms with Gasteiger partial charge in [-0.15, -0.1) is 0 Å². The van der Waals surface area contributed by atoms with Crippen LogP contribution >= 0.6 is 0 Å². The normalized spacial score (nSPS) is 11.8. The van der Waals surface area contributed by atoms with E-state index >= 15 is 0 Å². The van der Waals surface area contributed by atoms with Crippen molar-refractivity contribution in [3.05, 3.63) is 59.8 Å². The number of carbonyl (C=O) groups excluding carboxylic acids is 1. The smallest absolute Gasteiger partial charge is 0.315 e. The van der Waals surface area contributed by atoms with E-state index in [1.54, 1.807) is 6.20 Å². The van der Waals surface area contributed by atoms with Gasteiger partial charge in [0.15, 0.2) is 0 Å². The Bertz CT molecular complexity index is 661. The zero-order valence-electron chi connectivity index (χ0n) is 15.0. The standard InChI is InChI=1S/C19H26N4O2/c1-4-25-18-12-15(10-11-20-18)13-21-19(24)22-17(14-23(2)3)16-8-6-5-7-9-16/h5-12,17H,4,13-14H2,1-3H3,(H2,21,22,24). The van der Waals surface area contributed by atoms with Crippen LogP contribution in [0.25, 0.3) is 0 Å². The summed E-state index contributed by atoms with van der Waals surface area (Å²) in [5, 5.41) is 5.93. The second-order valence-electron chi connectivity index (χ2n) is 5.99. The maximum Gasteiger partial charge on any atom is 0.315 e. The molecule has 2 aromatic rings. The Morgan fingerprint density at radius 3 is 2.68 bits per heavy atom. The minimum atomic E-state index is -0.203. The maximum atomic E-state index is 12.3. The zero-order valence-corrected chi connectivity index (χ0v) is 15.0. The molecule has 0 aliphatic carbocycles. The van der Waals surface area contributed by atoms with Crippen molar-refractivity contribution in [3.8, 4) is 5.88 Å². The van der Waals surface area contributed by atoms with E-state index in [-0.39, 0.29) is 12.1 Å². The van der Waals surface area contributed by atoms with Crippen LogP contribution in [-0.2, 0) is 6.54 Å². The third kappa shape index (κ3) is 6.43. The van der Waals surface area contributed by atoms with Crippen molar-refractivity contribution in [2.24, 2.45) is 0 Å². The van der Waals surface area contributed by atoms with Gasteiger partial charge >= 0.3 is 6.03 Å². The molecule has 1 atom stereocenters. The highest BCUT2D eigenvalue weighted by Crippen LogP contribution is 2.13. The largest absolute Gasteiger partial charge is 0.478 e. The topological polar surface area (TPSA) is 66.5 Å². The van der Waals surface area contributed by atoms with Crippen LogP contribution in [0.5, 0.6) is 5.88 Å². The SMILES string of the molecule is CCOc1cc(CNC(=O)NC(CN(C)C)c2ccccc2)ccn1. The van der Waals surface area contributed by atoms with E-state index in [0.29, 0.717) is 19.0 Å². The van der Waals surface area contributed by atoms with Crippen LogP contribution in [0.1, 0.15) is 24.1 Å². The molecule has 0 bridgehead atoms. The molecule has 6 heteroatoms. The highest BCUT2D eigenvalue weighted by atomic mass is 16.5. The summed E-state index contributed by atoms with van der Waals surface area (Å²) in [5.74, 6) is 0.567. The number of nitrogens with zero attached hydrogens (tertiary/aromatic N) is 2. The molecule has 0 fully saturated rings. The molecule has 1 aromatic carbocycles. The highest BCUT2D eigenvalue weighted by molar-refractivity contribution is 5.74. The lowest BCUT2D eigenvalue weighted by Crippen LogP contribution is -2.41. The lowest BCUT2D eigenvalue weighted by molar-refractivity contribution is 0.232. The van der Waals surface area contributed by atoms with Crippen LogP contribution in [0.4, 0.5) is 4.79 Å². The van der Waals surface area contributed by atoms with Gasteiger partial charge in [-0.05, 0) is 38.2 Å². The zero-order chi connectivity index (χ0) is 18.1. The van der Waals surface area contributed by atoms with Crippen molar-refractivity contribution in [2.45, 2.75) is 19.5 Å². The van der Waals surface area contributed by atoms with E-state index in [2.05, 4.69) is 20.5 Å². The van der Waals surface area contributed by atoms with Crippen LogP contribution in [0.2, 0.25) is 0 Å². The number of rotatable bonds is 8. The number of likely N-dealkylation sites (N-methyl/N-ethyl adjacent to an activating group) is 1. The predicted octanol–water partition coefficient (Wildman–Crippen LogP) is 2.58. The van der Waals surface area contributed by atoms with Gasteiger partial charge in [0, 0.05) is 25.4 Å². The first-order chi connectivity index (χ1) is 12.1. The number of urea groups is 1. The fourth-order valence-electron chi connectivity index (χ4n) is 2.46. The molecule has 1 aromatic heterocycles. The maximum absolute atomic E-state index is 12.3. The number of ether oxygens (including phenoxy) is 1. The van der Waals surface area contributed by atoms with Crippen LogP contribution in [0.3, 0.4) is 0 Å². The number of nitrogens with one attached hydrogen (secondary N) is 2. The van der Waals surface area contributed by atoms with Gasteiger partial charge in [0.1, 0.15) is 0 Å². The van der Waals surface area contributed by atoms with Gasteiger partial charge in [0.2, 0.25) is 5.88 Å². The summed E-state index contributed by atoms with van der Waals surface area (Å²) in [6.45, 7) is 3.61. The van der Waals surface area contributed by atoms with Gasteiger partial charge in [-0.25, -0.2) is 9.78 Å². The van der Waals surface area contributed by atoms with Gasteiger partial charge in [-0.2, -0.15) is 0 Å². The Kier molecular flexibility index (Phi) is 7.22. The second-order valence-corrected chi connectivity index (χ2v) is 5.99. The quantitative estimate of drug-likeness (QED) is 0.774. The number of aromatic nitrogens is 1. The van der Waals surface area contributed by atoms with Crippen molar-refractivity contribution < 1.29 is 9.53 Å². The Morgan fingerprint density at radius 1 is 1.24 bits per heavy atom. The van der Waals surface area contributed by atoms with E-state index < -0.39 is 0 Å². The molecule has 2 rings (SSSR count). The average Bonchev–Trinajstić information content (AvgIpc) is 2.60. The Balaban J connectivity index is 1.93. The summed E-state index contributed by atoms with van der Waals surface area (Å²) in [5.41, 5.74) is 2.02. The average molecular weight is 342 g/mol. The molecule has 0 saturated heterocycles. The molecule has 1 unspecified atom stereocenters. The summed E-state index contributed by atoms with van der Waals surface area (Å²) in [7, 11) is 3.98. The summed E-state index contributed by atoms with van der Waals surface area (Å²) in [6.07, 6.45) is 1.68. The monoisotopic (exact) mass is 342 g/mol. The van der Waals surface area contributed by atoms with E-state index in [1.807, 2.05) is 63.5 Å². The number of hydrogen-bond donors (Lipinski definition) is 2. The third-order valence-corrected chi connectivity index (χ3v) is 3.60. The van der Waals surface area contributed by atoms with E-state index in [9.17, 15) is 4.79 Å². The molecule has 0 saturated carbocycles. The van der Waals surface area contributed by atoms with Crippen LogP contribution in [-0.4, -0.2) is 43.2 Å².